The van der Waals surface area contributed by atoms with E-state index in [2.05, 4.69) is 5.32 Å². The van der Waals surface area contributed by atoms with Gasteiger partial charge in [-0.05, 0) is 42.8 Å². The molecule has 25 heavy (non-hydrogen) atoms. The summed E-state index contributed by atoms with van der Waals surface area (Å²) in [7, 11) is 1.56. The largest absolute Gasteiger partial charge is 0.497 e. The van der Waals surface area contributed by atoms with Gasteiger partial charge in [-0.15, -0.1) is 0 Å². The molecule has 0 bridgehead atoms. The van der Waals surface area contributed by atoms with Crippen LogP contribution in [0.2, 0.25) is 0 Å². The third kappa shape index (κ3) is 3.17. The number of ether oxygens (including phenoxy) is 1. The van der Waals surface area contributed by atoms with E-state index in [4.69, 9.17) is 9.15 Å². The first-order valence-corrected chi connectivity index (χ1v) is 7.56. The second-order valence-corrected chi connectivity index (χ2v) is 5.51. The number of rotatable bonds is 4. The molecule has 1 aromatic heterocycles. The van der Waals surface area contributed by atoms with Crippen molar-refractivity contribution in [1.29, 1.82) is 5.26 Å². The van der Waals surface area contributed by atoms with Gasteiger partial charge in [0.15, 0.2) is 5.76 Å². The lowest BCUT2D eigenvalue weighted by Crippen LogP contribution is -2.27. The average molecular weight is 338 g/mol. The lowest BCUT2D eigenvalue weighted by Gasteiger charge is -2.11. The van der Waals surface area contributed by atoms with Crippen molar-refractivity contribution < 1.29 is 18.3 Å². The zero-order chi connectivity index (χ0) is 18.0. The van der Waals surface area contributed by atoms with Gasteiger partial charge < -0.3 is 14.5 Å². The van der Waals surface area contributed by atoms with Crippen molar-refractivity contribution in [3.63, 3.8) is 0 Å². The van der Waals surface area contributed by atoms with Crippen molar-refractivity contribution in [2.24, 2.45) is 0 Å². The highest BCUT2D eigenvalue weighted by Gasteiger charge is 2.21. The van der Waals surface area contributed by atoms with Crippen molar-refractivity contribution in [2.75, 3.05) is 7.11 Å². The fourth-order valence-electron chi connectivity index (χ4n) is 2.59. The summed E-state index contributed by atoms with van der Waals surface area (Å²) in [5.74, 6) is -0.132. The molecule has 1 atom stereocenters. The minimum atomic E-state index is -0.907. The second-order valence-electron chi connectivity index (χ2n) is 5.51. The number of furan rings is 1. The quantitative estimate of drug-likeness (QED) is 0.783. The van der Waals surface area contributed by atoms with Crippen LogP contribution in [0, 0.1) is 24.1 Å². The van der Waals surface area contributed by atoms with Crippen molar-refractivity contribution in [2.45, 2.75) is 13.0 Å². The third-order valence-electron chi connectivity index (χ3n) is 3.96. The van der Waals surface area contributed by atoms with Crippen molar-refractivity contribution >= 4 is 16.9 Å². The summed E-state index contributed by atoms with van der Waals surface area (Å²) in [6.45, 7) is 1.76. The van der Waals surface area contributed by atoms with Crippen LogP contribution in [0.5, 0.6) is 5.75 Å². The first kappa shape index (κ1) is 16.5. The van der Waals surface area contributed by atoms with Crippen LogP contribution in [0.1, 0.15) is 27.7 Å². The van der Waals surface area contributed by atoms with E-state index in [1.807, 2.05) is 6.07 Å². The minimum absolute atomic E-state index is 0.130. The van der Waals surface area contributed by atoms with E-state index >= 15 is 0 Å². The molecule has 126 valence electrons. The third-order valence-corrected chi connectivity index (χ3v) is 3.96. The van der Waals surface area contributed by atoms with Gasteiger partial charge in [0.1, 0.15) is 23.2 Å². The van der Waals surface area contributed by atoms with Crippen LogP contribution in [-0.4, -0.2) is 13.0 Å². The summed E-state index contributed by atoms with van der Waals surface area (Å²) in [5, 5.41) is 12.7. The highest BCUT2D eigenvalue weighted by molar-refractivity contribution is 5.99. The van der Waals surface area contributed by atoms with E-state index in [9.17, 15) is 14.4 Å². The number of fused-ring (bicyclic) bond motifs is 1. The average Bonchev–Trinajstić information content (AvgIpc) is 2.96. The summed E-state index contributed by atoms with van der Waals surface area (Å²) in [6, 6.07) is 11.7. The summed E-state index contributed by atoms with van der Waals surface area (Å²) in [5.41, 5.74) is 1.70. The Morgan fingerprint density at radius 3 is 2.64 bits per heavy atom. The predicted octanol–water partition coefficient (Wildman–Crippen LogP) is 3.88. The Labute approximate surface area is 143 Å². The van der Waals surface area contributed by atoms with Crippen molar-refractivity contribution in [1.82, 2.24) is 5.32 Å². The Balaban J connectivity index is 1.90. The van der Waals surface area contributed by atoms with E-state index < -0.39 is 17.8 Å². The smallest absolute Gasteiger partial charge is 0.288 e. The number of carbonyl (C=O) groups is 1. The number of carbonyl (C=O) groups excluding carboxylic acids is 1. The zero-order valence-corrected chi connectivity index (χ0v) is 13.7. The molecule has 2 aromatic carbocycles. The van der Waals surface area contributed by atoms with Gasteiger partial charge in [0.05, 0.1) is 13.2 Å². The molecule has 0 aliphatic carbocycles. The summed E-state index contributed by atoms with van der Waals surface area (Å²) >= 11 is 0. The van der Waals surface area contributed by atoms with Gasteiger partial charge in [-0.25, -0.2) is 4.39 Å². The molecule has 6 heteroatoms. The molecule has 0 aliphatic rings. The summed E-state index contributed by atoms with van der Waals surface area (Å²) in [4.78, 5) is 12.5. The summed E-state index contributed by atoms with van der Waals surface area (Å²) < 4.78 is 23.8. The Morgan fingerprint density at radius 1 is 1.28 bits per heavy atom. The number of aryl methyl sites for hydroxylation is 1. The first-order valence-electron chi connectivity index (χ1n) is 7.56. The predicted molar refractivity (Wildman–Crippen MR) is 89.7 cm³/mol. The molecule has 0 saturated carbocycles. The van der Waals surface area contributed by atoms with Gasteiger partial charge in [-0.3, -0.25) is 4.79 Å². The Morgan fingerprint density at radius 2 is 2.00 bits per heavy atom. The van der Waals surface area contributed by atoms with E-state index in [1.165, 1.54) is 24.3 Å². The maximum absolute atomic E-state index is 13.0. The fourth-order valence-corrected chi connectivity index (χ4v) is 2.59. The van der Waals surface area contributed by atoms with Gasteiger partial charge >= 0.3 is 0 Å². The highest BCUT2D eigenvalue weighted by Crippen LogP contribution is 2.29. The maximum atomic E-state index is 13.0. The molecule has 3 aromatic rings. The van der Waals surface area contributed by atoms with E-state index in [1.54, 1.807) is 32.2 Å². The van der Waals surface area contributed by atoms with Gasteiger partial charge in [-0.2, -0.15) is 5.26 Å². The molecule has 0 unspecified atom stereocenters. The fraction of sp³-hybridized carbons (Fsp3) is 0.158. The van der Waals surface area contributed by atoms with Crippen LogP contribution in [0.15, 0.2) is 46.9 Å². The van der Waals surface area contributed by atoms with E-state index in [-0.39, 0.29) is 5.76 Å². The standard InChI is InChI=1S/C19H15FN2O3/c1-11-15-9-14(24-2)7-8-17(15)25-18(11)19(23)22-16(10-21)12-3-5-13(20)6-4-12/h3-9,16H,1-2H3,(H,22,23)/t16-/m0/s1. The lowest BCUT2D eigenvalue weighted by atomic mass is 10.1. The van der Waals surface area contributed by atoms with E-state index in [0.29, 0.717) is 22.5 Å². The second kappa shape index (κ2) is 6.65. The lowest BCUT2D eigenvalue weighted by molar-refractivity contribution is 0.0918. The number of hydrogen-bond donors (Lipinski definition) is 1. The topological polar surface area (TPSA) is 75.3 Å². The maximum Gasteiger partial charge on any atom is 0.288 e. The number of hydrogen-bond acceptors (Lipinski definition) is 4. The molecule has 1 N–H and O–H groups in total. The number of nitriles is 1. The molecule has 0 fully saturated rings. The molecule has 0 aliphatic heterocycles. The molecule has 3 rings (SSSR count). The molecule has 5 nitrogen and oxygen atoms in total. The number of methoxy groups -OCH3 is 1. The Bertz CT molecular complexity index is 971. The van der Waals surface area contributed by atoms with Gasteiger partial charge in [-0.1, -0.05) is 12.1 Å². The van der Waals surface area contributed by atoms with E-state index in [0.717, 1.165) is 5.39 Å². The monoisotopic (exact) mass is 338 g/mol. The first-order chi connectivity index (χ1) is 12.0. The highest BCUT2D eigenvalue weighted by atomic mass is 19.1. The molecular formula is C19H15FN2O3. The molecule has 0 saturated heterocycles. The SMILES string of the molecule is COc1ccc2oc(C(=O)N[C@@H](C#N)c3ccc(F)cc3)c(C)c2c1. The van der Waals surface area contributed by atoms with Crippen LogP contribution in [0.3, 0.4) is 0 Å². The van der Waals surface area contributed by atoms with Crippen LogP contribution < -0.4 is 10.1 Å². The van der Waals surface area contributed by atoms with Crippen molar-refractivity contribution in [3.05, 3.63) is 65.2 Å². The molecule has 1 amide bonds. The minimum Gasteiger partial charge on any atom is -0.497 e. The van der Waals surface area contributed by atoms with Gasteiger partial charge in [0.25, 0.3) is 5.91 Å². The Hall–Kier alpha value is -3.33. The van der Waals surface area contributed by atoms with Gasteiger partial charge in [0, 0.05) is 10.9 Å². The van der Waals surface area contributed by atoms with Crippen molar-refractivity contribution in [3.8, 4) is 11.8 Å². The van der Waals surface area contributed by atoms with Crippen LogP contribution in [0.25, 0.3) is 11.0 Å². The van der Waals surface area contributed by atoms with Crippen LogP contribution in [-0.2, 0) is 0 Å². The number of halogens is 1. The van der Waals surface area contributed by atoms with Crippen LogP contribution >= 0.6 is 0 Å². The van der Waals surface area contributed by atoms with Gasteiger partial charge in [0.2, 0.25) is 0 Å². The molecule has 0 radical (unpaired) electrons. The normalized spacial score (nSPS) is 11.8. The summed E-state index contributed by atoms with van der Waals surface area (Å²) in [6.07, 6.45) is 0. The zero-order valence-electron chi connectivity index (χ0n) is 13.7. The number of amides is 1. The van der Waals surface area contributed by atoms with Crippen LogP contribution in [0.4, 0.5) is 4.39 Å². The molecular weight excluding hydrogens is 323 g/mol. The molecule has 0 spiro atoms. The number of nitrogens with zero attached hydrogens (tertiary/aromatic N) is 1. The number of benzene rings is 2. The molecule has 1 heterocycles. The Kier molecular flexibility index (Phi) is 4.40. The number of nitrogens with one attached hydrogen (secondary N) is 1.